The summed E-state index contributed by atoms with van der Waals surface area (Å²) in [6, 6.07) is 20.4. The number of ether oxygens (including phenoxy) is 1. The van der Waals surface area contributed by atoms with Crippen LogP contribution in [0.4, 0.5) is 0 Å². The first-order valence-corrected chi connectivity index (χ1v) is 13.1. The van der Waals surface area contributed by atoms with E-state index in [1.165, 1.54) is 11.8 Å². The van der Waals surface area contributed by atoms with Crippen molar-refractivity contribution in [1.29, 1.82) is 0 Å². The summed E-state index contributed by atoms with van der Waals surface area (Å²) in [5.41, 5.74) is 3.85. The molecule has 2 aromatic carbocycles. The molecule has 5 rings (SSSR count). The van der Waals surface area contributed by atoms with Crippen LogP contribution < -0.4 is 0 Å². The van der Waals surface area contributed by atoms with Crippen LogP contribution in [-0.2, 0) is 16.1 Å². The molecular weight excluding hydrogens is 458 g/mol. The van der Waals surface area contributed by atoms with Crippen molar-refractivity contribution in [3.05, 3.63) is 60.7 Å². The van der Waals surface area contributed by atoms with Crippen LogP contribution in [0.25, 0.3) is 33.5 Å². The molecule has 0 N–H and O–H groups in total. The van der Waals surface area contributed by atoms with Crippen LogP contribution in [0.3, 0.4) is 0 Å². The van der Waals surface area contributed by atoms with E-state index in [-0.39, 0.29) is 12.0 Å². The average molecular weight is 488 g/mol. The molecule has 8 heteroatoms. The molecule has 1 saturated heterocycles. The summed E-state index contributed by atoms with van der Waals surface area (Å²) in [4.78, 5) is 19.7. The van der Waals surface area contributed by atoms with Crippen LogP contribution >= 0.6 is 11.8 Å². The molecule has 0 spiro atoms. The fraction of sp³-hybridized carbons (Fsp3) is 0.333. The monoisotopic (exact) mass is 487 g/mol. The molecule has 7 nitrogen and oxygen atoms in total. The number of pyridine rings is 1. The highest BCUT2D eigenvalue weighted by atomic mass is 32.2. The minimum Gasteiger partial charge on any atom is -0.375 e. The van der Waals surface area contributed by atoms with Gasteiger partial charge in [0, 0.05) is 36.1 Å². The normalized spacial score (nSPS) is 16.1. The first-order chi connectivity index (χ1) is 17.2. The molecule has 180 valence electrons. The highest BCUT2D eigenvalue weighted by Gasteiger charge is 2.24. The third-order valence-electron chi connectivity index (χ3n) is 6.33. The lowest BCUT2D eigenvalue weighted by Gasteiger charge is -2.32. The van der Waals surface area contributed by atoms with E-state index < -0.39 is 0 Å². The number of carbonyl (C=O) groups is 1. The quantitative estimate of drug-likeness (QED) is 0.345. The Bertz CT molecular complexity index is 1320. The molecule has 35 heavy (non-hydrogen) atoms. The average Bonchev–Trinajstić information content (AvgIpc) is 3.34. The molecule has 0 aliphatic carbocycles. The maximum Gasteiger partial charge on any atom is 0.233 e. The van der Waals surface area contributed by atoms with E-state index in [2.05, 4.69) is 52.9 Å². The Morgan fingerprint density at radius 2 is 1.89 bits per heavy atom. The molecule has 1 aliphatic heterocycles. The SMILES string of the molecule is CCC1CN(C(=O)CSc2nnc(-c3cc(-c4ccccc4)nc4ccccc34)n2CC)CCO1. The summed E-state index contributed by atoms with van der Waals surface area (Å²) in [7, 11) is 0. The van der Waals surface area contributed by atoms with Crippen molar-refractivity contribution in [3.63, 3.8) is 0 Å². The lowest BCUT2D eigenvalue weighted by Crippen LogP contribution is -2.46. The Labute approximate surface area is 209 Å². The molecule has 1 unspecified atom stereocenters. The van der Waals surface area contributed by atoms with Crippen LogP contribution in [0.2, 0.25) is 0 Å². The maximum atomic E-state index is 12.9. The van der Waals surface area contributed by atoms with Gasteiger partial charge in [-0.3, -0.25) is 4.79 Å². The lowest BCUT2D eigenvalue weighted by molar-refractivity contribution is -0.135. The largest absolute Gasteiger partial charge is 0.375 e. The van der Waals surface area contributed by atoms with Crippen LogP contribution in [0, 0.1) is 0 Å². The molecule has 1 aliphatic rings. The van der Waals surface area contributed by atoms with E-state index in [9.17, 15) is 4.79 Å². The summed E-state index contributed by atoms with van der Waals surface area (Å²) in [6.45, 7) is 6.77. The number of hydrogen-bond donors (Lipinski definition) is 0. The third-order valence-corrected chi connectivity index (χ3v) is 7.28. The highest BCUT2D eigenvalue weighted by molar-refractivity contribution is 7.99. The number of rotatable bonds is 7. The third kappa shape index (κ3) is 4.94. The van der Waals surface area contributed by atoms with Crippen LogP contribution in [0.15, 0.2) is 65.8 Å². The molecule has 0 bridgehead atoms. The van der Waals surface area contributed by atoms with Crippen molar-refractivity contribution in [3.8, 4) is 22.6 Å². The molecule has 0 radical (unpaired) electrons. The smallest absolute Gasteiger partial charge is 0.233 e. The number of aromatic nitrogens is 4. The van der Waals surface area contributed by atoms with E-state index >= 15 is 0 Å². The fourth-order valence-corrected chi connectivity index (χ4v) is 5.31. The number of hydrogen-bond acceptors (Lipinski definition) is 6. The van der Waals surface area contributed by atoms with Gasteiger partial charge in [-0.25, -0.2) is 4.98 Å². The van der Waals surface area contributed by atoms with Gasteiger partial charge in [0.15, 0.2) is 11.0 Å². The van der Waals surface area contributed by atoms with Crippen molar-refractivity contribution in [2.45, 2.75) is 38.1 Å². The first kappa shape index (κ1) is 23.5. The first-order valence-electron chi connectivity index (χ1n) is 12.1. The minimum atomic E-state index is 0.115. The Balaban J connectivity index is 1.45. The number of nitrogens with zero attached hydrogens (tertiary/aromatic N) is 5. The number of fused-ring (bicyclic) bond motifs is 1. The van der Waals surface area contributed by atoms with Gasteiger partial charge in [0.25, 0.3) is 0 Å². The predicted molar refractivity (Wildman–Crippen MR) is 139 cm³/mol. The molecular formula is C27H29N5O2S. The zero-order chi connectivity index (χ0) is 24.2. The molecule has 3 heterocycles. The molecule has 1 atom stereocenters. The molecule has 2 aromatic heterocycles. The second-order valence-corrected chi connectivity index (χ2v) is 9.46. The van der Waals surface area contributed by atoms with Crippen LogP contribution in [0.5, 0.6) is 0 Å². The number of amides is 1. The van der Waals surface area contributed by atoms with E-state index in [0.717, 1.165) is 45.1 Å². The number of para-hydroxylation sites is 1. The van der Waals surface area contributed by atoms with Gasteiger partial charge in [-0.1, -0.05) is 67.2 Å². The molecule has 0 saturated carbocycles. The van der Waals surface area contributed by atoms with Crippen molar-refractivity contribution in [1.82, 2.24) is 24.6 Å². The maximum absolute atomic E-state index is 12.9. The number of morpholine rings is 1. The second kappa shape index (κ2) is 10.6. The van der Waals surface area contributed by atoms with Gasteiger partial charge in [-0.2, -0.15) is 0 Å². The number of carbonyl (C=O) groups excluding carboxylic acids is 1. The van der Waals surface area contributed by atoms with Gasteiger partial charge in [-0.15, -0.1) is 10.2 Å². The number of thioether (sulfide) groups is 1. The highest BCUT2D eigenvalue weighted by Crippen LogP contribution is 2.33. The van der Waals surface area contributed by atoms with Gasteiger partial charge in [0.05, 0.1) is 29.7 Å². The van der Waals surface area contributed by atoms with E-state index in [1.54, 1.807) is 0 Å². The predicted octanol–water partition coefficient (Wildman–Crippen LogP) is 4.91. The van der Waals surface area contributed by atoms with Crippen molar-refractivity contribution in [2.75, 3.05) is 25.4 Å². The second-order valence-electron chi connectivity index (χ2n) is 8.52. The molecule has 1 fully saturated rings. The number of benzene rings is 2. The summed E-state index contributed by atoms with van der Waals surface area (Å²) in [6.07, 6.45) is 1.04. The van der Waals surface area contributed by atoms with Crippen molar-refractivity contribution >= 4 is 28.6 Å². The van der Waals surface area contributed by atoms with Crippen LogP contribution in [0.1, 0.15) is 20.3 Å². The molecule has 1 amide bonds. The van der Waals surface area contributed by atoms with E-state index in [4.69, 9.17) is 9.72 Å². The van der Waals surface area contributed by atoms with Gasteiger partial charge < -0.3 is 14.2 Å². The zero-order valence-corrected chi connectivity index (χ0v) is 20.9. The van der Waals surface area contributed by atoms with Gasteiger partial charge in [-0.05, 0) is 25.5 Å². The summed E-state index contributed by atoms with van der Waals surface area (Å²) < 4.78 is 7.79. The van der Waals surface area contributed by atoms with E-state index in [0.29, 0.717) is 32.0 Å². The van der Waals surface area contributed by atoms with Crippen molar-refractivity contribution in [2.24, 2.45) is 0 Å². The summed E-state index contributed by atoms with van der Waals surface area (Å²) in [5.74, 6) is 1.24. The van der Waals surface area contributed by atoms with Gasteiger partial charge in [0.1, 0.15) is 0 Å². The lowest BCUT2D eigenvalue weighted by atomic mass is 10.0. The minimum absolute atomic E-state index is 0.115. The van der Waals surface area contributed by atoms with Gasteiger partial charge >= 0.3 is 0 Å². The summed E-state index contributed by atoms with van der Waals surface area (Å²) >= 11 is 1.45. The summed E-state index contributed by atoms with van der Waals surface area (Å²) in [5, 5.41) is 10.8. The Hall–Kier alpha value is -3.23. The van der Waals surface area contributed by atoms with Gasteiger partial charge in [0.2, 0.25) is 5.91 Å². The topological polar surface area (TPSA) is 73.1 Å². The molecule has 4 aromatic rings. The Kier molecular flexibility index (Phi) is 7.11. The Morgan fingerprint density at radius 3 is 2.69 bits per heavy atom. The van der Waals surface area contributed by atoms with Crippen molar-refractivity contribution < 1.29 is 9.53 Å². The Morgan fingerprint density at radius 1 is 1.09 bits per heavy atom. The van der Waals surface area contributed by atoms with E-state index in [1.807, 2.05) is 41.3 Å². The zero-order valence-electron chi connectivity index (χ0n) is 20.1. The standard InChI is InChI=1S/C27H29N5O2S/c1-3-20-17-31(14-15-34-20)25(33)18-35-27-30-29-26(32(27)4-2)22-16-24(19-10-6-5-7-11-19)28-23-13-9-8-12-21(22)23/h5-13,16,20H,3-4,14-15,17-18H2,1-2H3. The van der Waals surface area contributed by atoms with Crippen LogP contribution in [-0.4, -0.2) is 62.1 Å². The fourth-order valence-electron chi connectivity index (χ4n) is 4.41.